The van der Waals surface area contributed by atoms with Gasteiger partial charge in [-0.2, -0.15) is 0 Å². The molecule has 0 radical (unpaired) electrons. The maximum atomic E-state index is 12.2. The van der Waals surface area contributed by atoms with Gasteiger partial charge in [0, 0.05) is 23.9 Å². The van der Waals surface area contributed by atoms with E-state index in [-0.39, 0.29) is 5.12 Å². The molecule has 0 spiro atoms. The first-order chi connectivity index (χ1) is 10.8. The number of benzene rings is 2. The van der Waals surface area contributed by atoms with Crippen molar-refractivity contribution >= 4 is 16.9 Å². The molecule has 1 heterocycles. The van der Waals surface area contributed by atoms with E-state index in [4.69, 9.17) is 0 Å². The van der Waals surface area contributed by atoms with Crippen LogP contribution < -0.4 is 0 Å². The second kappa shape index (κ2) is 7.61. The molecule has 2 aromatic carbocycles. The fourth-order valence-corrected chi connectivity index (χ4v) is 3.91. The third kappa shape index (κ3) is 4.21. The third-order valence-electron chi connectivity index (χ3n) is 4.07. The molecule has 1 aliphatic rings. The van der Waals surface area contributed by atoms with Gasteiger partial charge in [0.2, 0.25) is 5.12 Å². The van der Waals surface area contributed by atoms with Gasteiger partial charge < -0.3 is 4.90 Å². The molecule has 0 amide bonds. The molecule has 0 saturated carbocycles. The lowest BCUT2D eigenvalue weighted by Gasteiger charge is -2.15. The Bertz CT molecular complexity index is 599. The monoisotopic (exact) mass is 311 g/mol. The van der Waals surface area contributed by atoms with Crippen LogP contribution in [0.15, 0.2) is 60.7 Å². The first-order valence-electron chi connectivity index (χ1n) is 7.83. The van der Waals surface area contributed by atoms with Gasteiger partial charge in [0.25, 0.3) is 0 Å². The molecule has 0 aromatic heterocycles. The van der Waals surface area contributed by atoms with Crippen LogP contribution in [-0.4, -0.2) is 34.9 Å². The number of carbonyl (C=O) groups excluding carboxylic acids is 1. The number of carbonyl (C=O) groups is 1. The third-order valence-corrected chi connectivity index (χ3v) is 5.24. The van der Waals surface area contributed by atoms with E-state index >= 15 is 0 Å². The van der Waals surface area contributed by atoms with Crippen LogP contribution in [0.4, 0.5) is 0 Å². The predicted molar refractivity (Wildman–Crippen MR) is 93.4 cm³/mol. The lowest BCUT2D eigenvalue weighted by Crippen LogP contribution is -2.24. The number of likely N-dealkylation sites (tertiary alicyclic amines) is 1. The maximum Gasteiger partial charge on any atom is 0.219 e. The highest BCUT2D eigenvalue weighted by Gasteiger charge is 2.25. The first kappa shape index (κ1) is 15.3. The summed E-state index contributed by atoms with van der Waals surface area (Å²) in [4.78, 5) is 14.7. The van der Waals surface area contributed by atoms with Gasteiger partial charge in [0.1, 0.15) is 0 Å². The molecule has 3 rings (SSSR count). The van der Waals surface area contributed by atoms with Crippen molar-refractivity contribution in [2.45, 2.75) is 18.1 Å². The topological polar surface area (TPSA) is 20.3 Å². The fourth-order valence-electron chi connectivity index (χ4n) is 2.82. The summed E-state index contributed by atoms with van der Waals surface area (Å²) in [7, 11) is 0. The summed E-state index contributed by atoms with van der Waals surface area (Å²) < 4.78 is 0. The lowest BCUT2D eigenvalue weighted by atomic mass is 10.1. The van der Waals surface area contributed by atoms with Crippen LogP contribution in [0.1, 0.15) is 22.3 Å². The fraction of sp³-hybridized carbons (Fsp3) is 0.316. The standard InChI is InChI=1S/C19H21NOS/c21-19(17-9-5-2-6-10-17)22-18-12-14-20(15-18)13-11-16-7-3-1-4-8-16/h1-10,18H,11-15H2. The van der Waals surface area contributed by atoms with Gasteiger partial charge >= 0.3 is 0 Å². The van der Waals surface area contributed by atoms with Crippen molar-refractivity contribution in [1.29, 1.82) is 0 Å². The normalized spacial score (nSPS) is 18.5. The number of hydrogen-bond donors (Lipinski definition) is 0. The Morgan fingerprint density at radius 1 is 1.05 bits per heavy atom. The van der Waals surface area contributed by atoms with Gasteiger partial charge in [-0.3, -0.25) is 4.79 Å². The molecular formula is C19H21NOS. The van der Waals surface area contributed by atoms with E-state index in [2.05, 4.69) is 35.2 Å². The van der Waals surface area contributed by atoms with Crippen LogP contribution in [-0.2, 0) is 6.42 Å². The summed E-state index contributed by atoms with van der Waals surface area (Å²) in [6.07, 6.45) is 2.20. The molecule has 1 unspecified atom stereocenters. The van der Waals surface area contributed by atoms with Crippen LogP contribution in [0.3, 0.4) is 0 Å². The van der Waals surface area contributed by atoms with Gasteiger partial charge in [-0.05, 0) is 24.9 Å². The van der Waals surface area contributed by atoms with E-state index in [0.29, 0.717) is 5.25 Å². The minimum atomic E-state index is 0.204. The zero-order valence-corrected chi connectivity index (χ0v) is 13.5. The van der Waals surface area contributed by atoms with Crippen LogP contribution in [0.5, 0.6) is 0 Å². The predicted octanol–water partition coefficient (Wildman–Crippen LogP) is 3.88. The average molecular weight is 311 g/mol. The van der Waals surface area contributed by atoms with Crippen molar-refractivity contribution in [1.82, 2.24) is 4.90 Å². The zero-order chi connectivity index (χ0) is 15.2. The quantitative estimate of drug-likeness (QED) is 0.836. The second-order valence-electron chi connectivity index (χ2n) is 5.72. The molecule has 1 atom stereocenters. The molecule has 0 bridgehead atoms. The van der Waals surface area contributed by atoms with Crippen LogP contribution in [0.25, 0.3) is 0 Å². The number of nitrogens with zero attached hydrogens (tertiary/aromatic N) is 1. The van der Waals surface area contributed by atoms with Gasteiger partial charge in [-0.15, -0.1) is 0 Å². The Balaban J connectivity index is 1.45. The van der Waals surface area contributed by atoms with E-state index in [1.54, 1.807) is 0 Å². The van der Waals surface area contributed by atoms with Gasteiger partial charge in [0.15, 0.2) is 0 Å². The summed E-state index contributed by atoms with van der Waals surface area (Å²) in [6.45, 7) is 3.21. The molecule has 114 valence electrons. The maximum absolute atomic E-state index is 12.2. The highest BCUT2D eigenvalue weighted by atomic mass is 32.2. The molecule has 0 aliphatic carbocycles. The van der Waals surface area contributed by atoms with Crippen molar-refractivity contribution < 1.29 is 4.79 Å². The van der Waals surface area contributed by atoms with E-state index in [1.165, 1.54) is 17.3 Å². The highest BCUT2D eigenvalue weighted by Crippen LogP contribution is 2.26. The Morgan fingerprint density at radius 2 is 1.73 bits per heavy atom. The van der Waals surface area contributed by atoms with Gasteiger partial charge in [0.05, 0.1) is 0 Å². The van der Waals surface area contributed by atoms with Crippen molar-refractivity contribution in [2.75, 3.05) is 19.6 Å². The van der Waals surface area contributed by atoms with Gasteiger partial charge in [-0.1, -0.05) is 72.4 Å². The lowest BCUT2D eigenvalue weighted by molar-refractivity contribution is 0.108. The highest BCUT2D eigenvalue weighted by molar-refractivity contribution is 8.14. The number of thioether (sulfide) groups is 1. The molecule has 2 nitrogen and oxygen atoms in total. The molecular weight excluding hydrogens is 290 g/mol. The summed E-state index contributed by atoms with van der Waals surface area (Å²) in [5.74, 6) is 0. The molecule has 1 fully saturated rings. The molecule has 2 aromatic rings. The number of rotatable bonds is 5. The molecule has 22 heavy (non-hydrogen) atoms. The number of hydrogen-bond acceptors (Lipinski definition) is 3. The van der Waals surface area contributed by atoms with Gasteiger partial charge in [-0.25, -0.2) is 0 Å². The van der Waals surface area contributed by atoms with Crippen LogP contribution >= 0.6 is 11.8 Å². The Kier molecular flexibility index (Phi) is 5.30. The summed E-state index contributed by atoms with van der Waals surface area (Å²) >= 11 is 1.51. The van der Waals surface area contributed by atoms with E-state index in [1.807, 2.05) is 30.3 Å². The smallest absolute Gasteiger partial charge is 0.219 e. The molecule has 1 aliphatic heterocycles. The van der Waals surface area contributed by atoms with Crippen LogP contribution in [0.2, 0.25) is 0 Å². The van der Waals surface area contributed by atoms with Crippen molar-refractivity contribution in [3.05, 3.63) is 71.8 Å². The Hall–Kier alpha value is -1.58. The minimum Gasteiger partial charge on any atom is -0.302 e. The SMILES string of the molecule is O=C(SC1CCN(CCc2ccccc2)C1)c1ccccc1. The Labute approximate surface area is 136 Å². The Morgan fingerprint density at radius 3 is 2.45 bits per heavy atom. The van der Waals surface area contributed by atoms with Crippen molar-refractivity contribution in [3.63, 3.8) is 0 Å². The van der Waals surface area contributed by atoms with Crippen molar-refractivity contribution in [2.24, 2.45) is 0 Å². The second-order valence-corrected chi connectivity index (χ2v) is 6.99. The summed E-state index contributed by atoms with van der Waals surface area (Å²) in [5.41, 5.74) is 2.20. The molecule has 1 saturated heterocycles. The summed E-state index contributed by atoms with van der Waals surface area (Å²) in [6, 6.07) is 20.2. The van der Waals surface area contributed by atoms with E-state index < -0.39 is 0 Å². The van der Waals surface area contributed by atoms with Crippen LogP contribution in [0, 0.1) is 0 Å². The molecule has 3 heteroatoms. The van der Waals surface area contributed by atoms with E-state index in [9.17, 15) is 4.79 Å². The largest absolute Gasteiger partial charge is 0.302 e. The average Bonchev–Trinajstić information content (AvgIpc) is 3.02. The van der Waals surface area contributed by atoms with Crippen molar-refractivity contribution in [3.8, 4) is 0 Å². The zero-order valence-electron chi connectivity index (χ0n) is 12.7. The minimum absolute atomic E-state index is 0.204. The van der Waals surface area contributed by atoms with E-state index in [0.717, 1.165) is 38.0 Å². The first-order valence-corrected chi connectivity index (χ1v) is 8.71. The summed E-state index contributed by atoms with van der Waals surface area (Å²) in [5, 5.41) is 0.638. The molecule has 0 N–H and O–H groups in total.